The van der Waals surface area contributed by atoms with Gasteiger partial charge in [-0.3, -0.25) is 0 Å². The molecule has 0 spiro atoms. The van der Waals surface area contributed by atoms with Crippen molar-refractivity contribution in [3.8, 4) is 0 Å². The topological polar surface area (TPSA) is 58.0 Å². The Morgan fingerprint density at radius 1 is 1.47 bits per heavy atom. The van der Waals surface area contributed by atoms with Crippen LogP contribution in [-0.2, 0) is 0 Å². The van der Waals surface area contributed by atoms with Crippen molar-refractivity contribution in [2.24, 2.45) is 0 Å². The monoisotopic (exact) mass is 263 g/mol. The molecule has 0 saturated heterocycles. The van der Waals surface area contributed by atoms with Gasteiger partial charge in [0.25, 0.3) is 5.92 Å². The van der Waals surface area contributed by atoms with Crippen LogP contribution >= 0.6 is 11.6 Å². The molecule has 1 fully saturated rings. The van der Waals surface area contributed by atoms with Gasteiger partial charge in [-0.2, -0.15) is 0 Å². The van der Waals surface area contributed by atoms with Crippen molar-refractivity contribution in [3.63, 3.8) is 0 Å². The maximum Gasteiger partial charge on any atom is 0.287 e. The summed E-state index contributed by atoms with van der Waals surface area (Å²) in [6.45, 7) is -1.88. The summed E-state index contributed by atoms with van der Waals surface area (Å²) >= 11 is 5.78. The molecule has 2 rings (SSSR count). The van der Waals surface area contributed by atoms with Crippen LogP contribution in [0.5, 0.6) is 0 Å². The standard InChI is InChI=1S/C10H12ClF2N3O/c11-7-3-8(14-4-10(12,13)5-17)16-9(15-7)6-1-2-6/h3,6,17H,1-2,4-5H2,(H,14,15,16). The molecule has 0 amide bonds. The maximum absolute atomic E-state index is 12.8. The zero-order valence-corrected chi connectivity index (χ0v) is 9.71. The predicted octanol–water partition coefficient (Wildman–Crippen LogP) is 2.05. The first-order valence-electron chi connectivity index (χ1n) is 5.27. The summed E-state index contributed by atoms with van der Waals surface area (Å²) in [5.74, 6) is -2.02. The highest BCUT2D eigenvalue weighted by molar-refractivity contribution is 6.29. The molecule has 94 valence electrons. The molecule has 0 atom stereocenters. The van der Waals surface area contributed by atoms with Crippen molar-refractivity contribution < 1.29 is 13.9 Å². The predicted molar refractivity (Wildman–Crippen MR) is 59.5 cm³/mol. The highest BCUT2D eigenvalue weighted by atomic mass is 35.5. The minimum Gasteiger partial charge on any atom is -0.390 e. The molecule has 0 unspecified atom stereocenters. The van der Waals surface area contributed by atoms with Crippen molar-refractivity contribution in [1.82, 2.24) is 9.97 Å². The van der Waals surface area contributed by atoms with Crippen LogP contribution in [0.1, 0.15) is 24.6 Å². The fraction of sp³-hybridized carbons (Fsp3) is 0.600. The average Bonchev–Trinajstić information content (AvgIpc) is 3.10. The van der Waals surface area contributed by atoms with Crippen LogP contribution < -0.4 is 5.32 Å². The molecule has 1 aliphatic carbocycles. The molecule has 1 aromatic heterocycles. The molecule has 0 radical (unpaired) electrons. The maximum atomic E-state index is 12.8. The molecule has 4 nitrogen and oxygen atoms in total. The number of nitrogens with zero attached hydrogens (tertiary/aromatic N) is 2. The van der Waals surface area contributed by atoms with E-state index in [2.05, 4.69) is 15.3 Å². The Balaban J connectivity index is 2.05. The van der Waals surface area contributed by atoms with Crippen LogP contribution in [0.2, 0.25) is 5.15 Å². The highest BCUT2D eigenvalue weighted by Gasteiger charge is 2.29. The lowest BCUT2D eigenvalue weighted by Gasteiger charge is -2.14. The second kappa shape index (κ2) is 4.70. The number of hydrogen-bond donors (Lipinski definition) is 2. The van der Waals surface area contributed by atoms with E-state index in [0.717, 1.165) is 12.8 Å². The molecule has 1 saturated carbocycles. The fourth-order valence-electron chi connectivity index (χ4n) is 1.33. The van der Waals surface area contributed by atoms with Gasteiger partial charge in [-0.25, -0.2) is 18.7 Å². The molecular formula is C10H12ClF2N3O. The van der Waals surface area contributed by atoms with Crippen molar-refractivity contribution in [2.45, 2.75) is 24.7 Å². The van der Waals surface area contributed by atoms with E-state index in [4.69, 9.17) is 16.7 Å². The average molecular weight is 264 g/mol. The third kappa shape index (κ3) is 3.47. The van der Waals surface area contributed by atoms with Gasteiger partial charge in [-0.05, 0) is 12.8 Å². The van der Waals surface area contributed by atoms with Gasteiger partial charge in [-0.1, -0.05) is 11.6 Å². The van der Waals surface area contributed by atoms with Crippen LogP contribution in [0.25, 0.3) is 0 Å². The lowest BCUT2D eigenvalue weighted by molar-refractivity contribution is -0.0373. The fourth-order valence-corrected chi connectivity index (χ4v) is 1.52. The molecule has 17 heavy (non-hydrogen) atoms. The van der Waals surface area contributed by atoms with E-state index in [1.54, 1.807) is 0 Å². The van der Waals surface area contributed by atoms with E-state index >= 15 is 0 Å². The number of alkyl halides is 2. The van der Waals surface area contributed by atoms with Crippen molar-refractivity contribution in [1.29, 1.82) is 0 Å². The van der Waals surface area contributed by atoms with Gasteiger partial charge in [0.15, 0.2) is 0 Å². The molecule has 0 aromatic carbocycles. The van der Waals surface area contributed by atoms with E-state index in [1.165, 1.54) is 6.07 Å². The SMILES string of the molecule is OCC(F)(F)CNc1cc(Cl)nc(C2CC2)n1. The number of aliphatic hydroxyl groups excluding tert-OH is 1. The first-order valence-corrected chi connectivity index (χ1v) is 5.65. The number of aliphatic hydroxyl groups is 1. The zero-order chi connectivity index (χ0) is 12.5. The number of anilines is 1. The third-order valence-electron chi connectivity index (χ3n) is 2.41. The van der Waals surface area contributed by atoms with Crippen LogP contribution in [0.4, 0.5) is 14.6 Å². The van der Waals surface area contributed by atoms with Gasteiger partial charge >= 0.3 is 0 Å². The zero-order valence-electron chi connectivity index (χ0n) is 8.96. The Morgan fingerprint density at radius 2 is 2.18 bits per heavy atom. The Morgan fingerprint density at radius 3 is 2.76 bits per heavy atom. The summed E-state index contributed by atoms with van der Waals surface area (Å²) in [7, 11) is 0. The third-order valence-corrected chi connectivity index (χ3v) is 2.61. The Labute approximate surface area is 102 Å². The molecule has 0 bridgehead atoms. The van der Waals surface area contributed by atoms with Crippen LogP contribution in [0, 0.1) is 0 Å². The number of rotatable bonds is 5. The Hall–Kier alpha value is -1.01. The number of nitrogens with one attached hydrogen (secondary N) is 1. The first-order chi connectivity index (χ1) is 8.00. The smallest absolute Gasteiger partial charge is 0.287 e. The van der Waals surface area contributed by atoms with Gasteiger partial charge < -0.3 is 10.4 Å². The number of hydrogen-bond acceptors (Lipinski definition) is 4. The van der Waals surface area contributed by atoms with E-state index in [1.807, 2.05) is 0 Å². The minimum atomic E-state index is -3.17. The van der Waals surface area contributed by atoms with E-state index in [9.17, 15) is 8.78 Å². The molecule has 1 heterocycles. The summed E-state index contributed by atoms with van der Waals surface area (Å²) < 4.78 is 25.6. The van der Waals surface area contributed by atoms with Gasteiger partial charge in [0.05, 0.1) is 6.54 Å². The van der Waals surface area contributed by atoms with Crippen molar-refractivity contribution >= 4 is 17.4 Å². The Kier molecular flexibility index (Phi) is 3.44. The van der Waals surface area contributed by atoms with Crippen LogP contribution in [0.15, 0.2) is 6.07 Å². The minimum absolute atomic E-state index is 0.233. The van der Waals surface area contributed by atoms with E-state index in [0.29, 0.717) is 11.7 Å². The highest BCUT2D eigenvalue weighted by Crippen LogP contribution is 2.38. The van der Waals surface area contributed by atoms with Crippen LogP contribution in [0.3, 0.4) is 0 Å². The number of aromatic nitrogens is 2. The largest absolute Gasteiger partial charge is 0.390 e. The lowest BCUT2D eigenvalue weighted by atomic mass is 10.3. The van der Waals surface area contributed by atoms with Crippen LogP contribution in [-0.4, -0.2) is 34.1 Å². The molecule has 1 aromatic rings. The lowest BCUT2D eigenvalue weighted by Crippen LogP contribution is -2.31. The second-order valence-corrected chi connectivity index (χ2v) is 4.46. The second-order valence-electron chi connectivity index (χ2n) is 4.08. The summed E-state index contributed by atoms with van der Waals surface area (Å²) in [6, 6.07) is 1.39. The molecule has 7 heteroatoms. The molecule has 0 aliphatic heterocycles. The summed E-state index contributed by atoms with van der Waals surface area (Å²) in [5.41, 5.74) is 0. The quantitative estimate of drug-likeness (QED) is 0.799. The molecular weight excluding hydrogens is 252 g/mol. The summed E-state index contributed by atoms with van der Waals surface area (Å²) in [4.78, 5) is 8.15. The Bertz CT molecular complexity index is 413. The number of halogens is 3. The van der Waals surface area contributed by atoms with Gasteiger partial charge in [0.1, 0.15) is 23.4 Å². The van der Waals surface area contributed by atoms with E-state index < -0.39 is 19.1 Å². The van der Waals surface area contributed by atoms with Crippen molar-refractivity contribution in [3.05, 3.63) is 17.0 Å². The normalized spacial score (nSPS) is 16.0. The first kappa shape index (κ1) is 12.4. The van der Waals surface area contributed by atoms with Crippen molar-refractivity contribution in [2.75, 3.05) is 18.5 Å². The molecule has 2 N–H and O–H groups in total. The van der Waals surface area contributed by atoms with Gasteiger partial charge in [-0.15, -0.1) is 0 Å². The van der Waals surface area contributed by atoms with Gasteiger partial charge in [0.2, 0.25) is 0 Å². The van der Waals surface area contributed by atoms with Gasteiger partial charge in [0, 0.05) is 12.0 Å². The summed E-state index contributed by atoms with van der Waals surface area (Å²) in [6.07, 6.45) is 2.01. The van der Waals surface area contributed by atoms with E-state index in [-0.39, 0.29) is 11.0 Å². The molecule has 1 aliphatic rings. The summed E-state index contributed by atoms with van der Waals surface area (Å²) in [5, 5.41) is 11.1.